The third kappa shape index (κ3) is 6.70. The Hall–Kier alpha value is -3.19. The van der Waals surface area contributed by atoms with Gasteiger partial charge in [0.15, 0.2) is 15.4 Å². The molecule has 0 bridgehead atoms. The SMILES string of the molecule is CC(C)(C)OC(=O)N1CCC(N2N=C(c3ccc(S(C)(=O)=O)cc3)C(C)(N(O)C(=O)OC(C)(C)C)C2=O)CC1. The van der Waals surface area contributed by atoms with Crippen molar-refractivity contribution in [1.29, 1.82) is 0 Å². The summed E-state index contributed by atoms with van der Waals surface area (Å²) in [5.41, 5.74) is -3.15. The van der Waals surface area contributed by atoms with E-state index in [1.165, 1.54) is 36.2 Å². The summed E-state index contributed by atoms with van der Waals surface area (Å²) >= 11 is 0. The van der Waals surface area contributed by atoms with Gasteiger partial charge in [-0.1, -0.05) is 12.1 Å². The van der Waals surface area contributed by atoms with Gasteiger partial charge in [0, 0.05) is 24.9 Å². The number of ether oxygens (including phenoxy) is 2. The molecule has 39 heavy (non-hydrogen) atoms. The van der Waals surface area contributed by atoms with Crippen molar-refractivity contribution >= 4 is 33.6 Å². The first-order valence-corrected chi connectivity index (χ1v) is 14.6. The van der Waals surface area contributed by atoms with Crippen LogP contribution >= 0.6 is 0 Å². The number of hydrogen-bond donors (Lipinski definition) is 1. The van der Waals surface area contributed by atoms with Crippen LogP contribution in [0, 0.1) is 0 Å². The fourth-order valence-corrected chi connectivity index (χ4v) is 4.95. The summed E-state index contributed by atoms with van der Waals surface area (Å²) in [5.74, 6) is -0.659. The number of hydroxylamine groups is 2. The van der Waals surface area contributed by atoms with Crippen molar-refractivity contribution in [2.75, 3.05) is 19.3 Å². The van der Waals surface area contributed by atoms with Crippen LogP contribution in [-0.2, 0) is 24.1 Å². The molecule has 0 aliphatic carbocycles. The Labute approximate surface area is 229 Å². The normalized spacial score (nSPS) is 21.1. The van der Waals surface area contributed by atoms with Gasteiger partial charge in [-0.2, -0.15) is 10.2 Å². The van der Waals surface area contributed by atoms with Gasteiger partial charge in [0.1, 0.15) is 16.9 Å². The monoisotopic (exact) mass is 566 g/mol. The van der Waals surface area contributed by atoms with Crippen molar-refractivity contribution < 1.29 is 37.5 Å². The standard InChI is InChI=1S/C26H38N4O8S/c1-24(2,3)37-22(32)28-15-13-18(14-16-28)29-21(31)26(7,30(34)23(33)38-25(4,5)6)20(27-29)17-9-11-19(12-10-17)39(8,35)36/h9-12,18,34H,13-16H2,1-8H3. The second kappa shape index (κ2) is 10.4. The highest BCUT2D eigenvalue weighted by Gasteiger charge is 2.56. The van der Waals surface area contributed by atoms with Gasteiger partial charge in [0.2, 0.25) is 0 Å². The third-order valence-corrected chi connectivity index (χ3v) is 7.43. The van der Waals surface area contributed by atoms with Gasteiger partial charge in [-0.3, -0.25) is 10.0 Å². The van der Waals surface area contributed by atoms with Crippen LogP contribution in [0.3, 0.4) is 0 Å². The smallest absolute Gasteiger partial charge is 0.435 e. The molecule has 3 rings (SSSR count). The minimum absolute atomic E-state index is 0.0514. The fraction of sp³-hybridized carbons (Fsp3) is 0.615. The largest absolute Gasteiger partial charge is 0.444 e. The number of likely N-dealkylation sites (tertiary alicyclic amines) is 1. The zero-order valence-corrected chi connectivity index (χ0v) is 24.5. The minimum Gasteiger partial charge on any atom is -0.444 e. The lowest BCUT2D eigenvalue weighted by molar-refractivity contribution is -0.165. The van der Waals surface area contributed by atoms with E-state index in [9.17, 15) is 28.0 Å². The van der Waals surface area contributed by atoms with Gasteiger partial charge < -0.3 is 14.4 Å². The van der Waals surface area contributed by atoms with Crippen LogP contribution in [0.1, 0.15) is 66.9 Å². The summed E-state index contributed by atoms with van der Waals surface area (Å²) in [6.07, 6.45) is 0.276. The summed E-state index contributed by atoms with van der Waals surface area (Å²) in [7, 11) is -3.48. The predicted molar refractivity (Wildman–Crippen MR) is 142 cm³/mol. The Morgan fingerprint density at radius 3 is 2.00 bits per heavy atom. The molecule has 2 aliphatic heterocycles. The van der Waals surface area contributed by atoms with Crippen molar-refractivity contribution in [3.63, 3.8) is 0 Å². The number of hydrazone groups is 1. The Morgan fingerprint density at radius 1 is 1.03 bits per heavy atom. The van der Waals surface area contributed by atoms with Gasteiger partial charge in [0.25, 0.3) is 5.91 Å². The molecule has 1 atom stereocenters. The van der Waals surface area contributed by atoms with Crippen molar-refractivity contribution in [3.8, 4) is 0 Å². The molecule has 2 heterocycles. The summed E-state index contributed by atoms with van der Waals surface area (Å²) in [5, 5.41) is 17.0. The second-order valence-electron chi connectivity index (χ2n) is 12.0. The lowest BCUT2D eigenvalue weighted by Gasteiger charge is -2.37. The van der Waals surface area contributed by atoms with E-state index in [0.29, 0.717) is 31.5 Å². The van der Waals surface area contributed by atoms with Gasteiger partial charge >= 0.3 is 12.2 Å². The van der Waals surface area contributed by atoms with E-state index >= 15 is 0 Å². The molecule has 1 N–H and O–H groups in total. The van der Waals surface area contributed by atoms with Crippen LogP contribution in [0.25, 0.3) is 0 Å². The molecule has 1 aromatic carbocycles. The molecule has 0 aromatic heterocycles. The first-order valence-electron chi connectivity index (χ1n) is 12.7. The fourth-order valence-electron chi connectivity index (χ4n) is 4.32. The lowest BCUT2D eigenvalue weighted by atomic mass is 9.89. The van der Waals surface area contributed by atoms with Crippen molar-refractivity contribution in [1.82, 2.24) is 15.0 Å². The minimum atomic E-state index is -3.48. The zero-order valence-electron chi connectivity index (χ0n) is 23.7. The molecule has 1 unspecified atom stereocenters. The zero-order chi connectivity index (χ0) is 29.6. The van der Waals surface area contributed by atoms with E-state index in [1.54, 1.807) is 46.4 Å². The predicted octanol–water partition coefficient (Wildman–Crippen LogP) is 3.42. The van der Waals surface area contributed by atoms with Crippen molar-refractivity contribution in [2.45, 2.75) is 89.0 Å². The number of hydrogen-bond acceptors (Lipinski definition) is 9. The number of nitrogens with zero attached hydrogens (tertiary/aromatic N) is 4. The first kappa shape index (κ1) is 30.4. The van der Waals surface area contributed by atoms with E-state index in [-0.39, 0.29) is 15.7 Å². The van der Waals surface area contributed by atoms with Gasteiger partial charge in [0.05, 0.1) is 10.9 Å². The van der Waals surface area contributed by atoms with Crippen LogP contribution < -0.4 is 0 Å². The molecule has 1 fully saturated rings. The third-order valence-electron chi connectivity index (χ3n) is 6.30. The quantitative estimate of drug-likeness (QED) is 0.431. The summed E-state index contributed by atoms with van der Waals surface area (Å²) in [4.78, 5) is 40.8. The van der Waals surface area contributed by atoms with Crippen molar-refractivity contribution in [3.05, 3.63) is 29.8 Å². The maximum Gasteiger partial charge on any atom is 0.435 e. The number of piperidine rings is 1. The molecule has 1 aromatic rings. The molecule has 216 valence electrons. The van der Waals surface area contributed by atoms with Crippen LogP contribution in [0.2, 0.25) is 0 Å². The number of sulfone groups is 1. The van der Waals surface area contributed by atoms with Gasteiger partial charge in [-0.25, -0.2) is 23.0 Å². The molecule has 0 radical (unpaired) electrons. The molecule has 0 saturated carbocycles. The molecule has 0 spiro atoms. The Morgan fingerprint density at radius 2 is 1.54 bits per heavy atom. The average molecular weight is 567 g/mol. The summed E-state index contributed by atoms with van der Waals surface area (Å²) in [6.45, 7) is 12.2. The van der Waals surface area contributed by atoms with Crippen molar-refractivity contribution in [2.24, 2.45) is 5.10 Å². The van der Waals surface area contributed by atoms with Gasteiger partial charge in [-0.05, 0) is 73.4 Å². The summed E-state index contributed by atoms with van der Waals surface area (Å²) in [6, 6.07) is 5.26. The molecule has 12 nitrogen and oxygen atoms in total. The Bertz CT molecular complexity index is 1260. The van der Waals surface area contributed by atoms with Crippen LogP contribution in [0.4, 0.5) is 9.59 Å². The number of carbonyl (C=O) groups excluding carboxylic acids is 3. The van der Waals surface area contributed by atoms with Gasteiger partial charge in [-0.15, -0.1) is 0 Å². The highest BCUT2D eigenvalue weighted by Crippen LogP contribution is 2.34. The van der Waals surface area contributed by atoms with Crippen LogP contribution in [0.15, 0.2) is 34.3 Å². The van der Waals surface area contributed by atoms with Crippen LogP contribution in [-0.4, -0.2) is 94.5 Å². The molecule has 2 aliphatic rings. The average Bonchev–Trinajstić information content (AvgIpc) is 3.07. The van der Waals surface area contributed by atoms with E-state index in [0.717, 1.165) is 6.26 Å². The maximum absolute atomic E-state index is 13.9. The molecule has 3 amide bonds. The Balaban J connectivity index is 1.94. The molecular weight excluding hydrogens is 528 g/mol. The summed E-state index contributed by atoms with van der Waals surface area (Å²) < 4.78 is 34.6. The molecular formula is C26H38N4O8S. The van der Waals surface area contributed by atoms with E-state index in [2.05, 4.69) is 5.10 Å². The maximum atomic E-state index is 13.9. The highest BCUT2D eigenvalue weighted by molar-refractivity contribution is 7.90. The Kier molecular flexibility index (Phi) is 8.11. The molecule has 13 heteroatoms. The molecule has 1 saturated heterocycles. The number of carbonyl (C=O) groups is 3. The number of rotatable bonds is 4. The number of amides is 3. The lowest BCUT2D eigenvalue weighted by Crippen LogP contribution is -2.60. The number of benzene rings is 1. The second-order valence-corrected chi connectivity index (χ2v) is 14.0. The highest BCUT2D eigenvalue weighted by atomic mass is 32.2. The van der Waals surface area contributed by atoms with Crippen LogP contribution in [0.5, 0.6) is 0 Å². The van der Waals surface area contributed by atoms with E-state index in [1.807, 2.05) is 0 Å². The van der Waals surface area contributed by atoms with E-state index in [4.69, 9.17) is 9.47 Å². The first-order chi connectivity index (χ1) is 17.7. The van der Waals surface area contributed by atoms with E-state index < -0.39 is 50.7 Å². The topological polar surface area (TPSA) is 146 Å².